The van der Waals surface area contributed by atoms with E-state index in [1.807, 2.05) is 60.9 Å². The monoisotopic (exact) mass is 390 g/mol. The quantitative estimate of drug-likeness (QED) is 0.626. The first-order chi connectivity index (χ1) is 13.4. The van der Waals surface area contributed by atoms with Crippen LogP contribution < -0.4 is 5.32 Å². The predicted octanol–water partition coefficient (Wildman–Crippen LogP) is 4.88. The van der Waals surface area contributed by atoms with Crippen molar-refractivity contribution in [2.45, 2.75) is 18.7 Å². The number of nitrogens with zero attached hydrogens (tertiary/aromatic N) is 1. The molecule has 1 aliphatic rings. The Morgan fingerprint density at radius 2 is 1.89 bits per heavy atom. The number of aryl methyl sites for hydroxylation is 1. The van der Waals surface area contributed by atoms with Crippen LogP contribution in [0.25, 0.3) is 11.8 Å². The molecule has 1 aromatic heterocycles. The van der Waals surface area contributed by atoms with Crippen molar-refractivity contribution >= 4 is 35.4 Å². The molecule has 28 heavy (non-hydrogen) atoms. The zero-order valence-electron chi connectivity index (χ0n) is 15.4. The summed E-state index contributed by atoms with van der Waals surface area (Å²) in [6.07, 6.45) is 1.88. The molecule has 3 aromatic rings. The topological polar surface area (TPSA) is 71.3 Å². The minimum absolute atomic E-state index is 0.124. The highest BCUT2D eigenvalue weighted by atomic mass is 32.2. The van der Waals surface area contributed by atoms with Gasteiger partial charge in [-0.25, -0.2) is 4.79 Å². The number of benzene rings is 2. The summed E-state index contributed by atoms with van der Waals surface area (Å²) in [5, 5.41) is 12.2. The lowest BCUT2D eigenvalue weighted by molar-refractivity contribution is -0.112. The third-order valence-electron chi connectivity index (χ3n) is 4.69. The highest BCUT2D eigenvalue weighted by Gasteiger charge is 2.21. The van der Waals surface area contributed by atoms with E-state index >= 15 is 0 Å². The first kappa shape index (κ1) is 18.1. The van der Waals surface area contributed by atoms with Gasteiger partial charge in [0, 0.05) is 22.0 Å². The molecule has 6 heteroatoms. The maximum atomic E-state index is 12.5. The molecule has 0 spiro atoms. The summed E-state index contributed by atoms with van der Waals surface area (Å²) in [5.74, 6) is -1.08. The Bertz CT molecular complexity index is 1140. The van der Waals surface area contributed by atoms with Crippen molar-refractivity contribution in [1.82, 2.24) is 4.57 Å². The minimum Gasteiger partial charge on any atom is -0.478 e. The van der Waals surface area contributed by atoms with E-state index < -0.39 is 5.97 Å². The number of carboxylic acids is 1. The van der Waals surface area contributed by atoms with E-state index in [2.05, 4.69) is 5.32 Å². The summed E-state index contributed by atoms with van der Waals surface area (Å²) in [6.45, 7) is 3.93. The van der Waals surface area contributed by atoms with Crippen LogP contribution in [0.1, 0.15) is 27.3 Å². The maximum absolute atomic E-state index is 12.5. The predicted molar refractivity (Wildman–Crippen MR) is 111 cm³/mol. The second kappa shape index (κ2) is 7.05. The summed E-state index contributed by atoms with van der Waals surface area (Å²) in [4.78, 5) is 25.4. The van der Waals surface area contributed by atoms with E-state index in [9.17, 15) is 14.7 Å². The molecule has 1 amide bonds. The number of nitrogens with one attached hydrogen (secondary N) is 1. The van der Waals surface area contributed by atoms with Crippen LogP contribution in [0.4, 0.5) is 5.69 Å². The Balaban J connectivity index is 1.74. The van der Waals surface area contributed by atoms with Gasteiger partial charge in [-0.2, -0.15) is 0 Å². The molecular formula is C22H18N2O3S. The fraction of sp³-hybridized carbons (Fsp3) is 0.0909. The van der Waals surface area contributed by atoms with Crippen LogP contribution in [0.15, 0.2) is 64.4 Å². The van der Waals surface area contributed by atoms with E-state index in [0.29, 0.717) is 4.91 Å². The number of carboxylic acid groups (broad SMARTS) is 1. The van der Waals surface area contributed by atoms with E-state index in [1.54, 1.807) is 18.2 Å². The summed E-state index contributed by atoms with van der Waals surface area (Å²) >= 11 is 1.45. The van der Waals surface area contributed by atoms with Crippen molar-refractivity contribution in [3.63, 3.8) is 0 Å². The summed E-state index contributed by atoms with van der Waals surface area (Å²) in [7, 11) is 0. The molecule has 140 valence electrons. The van der Waals surface area contributed by atoms with E-state index in [-0.39, 0.29) is 11.5 Å². The number of anilines is 1. The van der Waals surface area contributed by atoms with Crippen molar-refractivity contribution in [3.8, 4) is 5.69 Å². The van der Waals surface area contributed by atoms with Gasteiger partial charge < -0.3 is 15.0 Å². The van der Waals surface area contributed by atoms with Crippen LogP contribution in [0.5, 0.6) is 0 Å². The first-order valence-corrected chi connectivity index (χ1v) is 9.58. The molecule has 1 aliphatic heterocycles. The van der Waals surface area contributed by atoms with Gasteiger partial charge in [0.05, 0.1) is 16.2 Å². The molecule has 4 rings (SSSR count). The largest absolute Gasteiger partial charge is 0.478 e. The molecule has 0 unspecified atom stereocenters. The average molecular weight is 390 g/mol. The van der Waals surface area contributed by atoms with Crippen molar-refractivity contribution in [3.05, 3.63) is 82.0 Å². The standard InChI is InChI=1S/C22H18N2O3S/c1-13-10-16(12-20-21(25)23-18-8-3-4-9-19(18)28-20)14(2)24(13)17-7-5-6-15(11-17)22(26)27/h3-12H,1-2H3,(H,23,25)(H,26,27)/b20-12-. The molecule has 0 saturated carbocycles. The van der Waals surface area contributed by atoms with Crippen LogP contribution in [0, 0.1) is 13.8 Å². The molecule has 0 saturated heterocycles. The number of amides is 1. The maximum Gasteiger partial charge on any atom is 0.335 e. The molecule has 0 radical (unpaired) electrons. The van der Waals surface area contributed by atoms with Gasteiger partial charge in [0.15, 0.2) is 0 Å². The van der Waals surface area contributed by atoms with Crippen molar-refractivity contribution in [1.29, 1.82) is 0 Å². The van der Waals surface area contributed by atoms with Gasteiger partial charge in [0.25, 0.3) is 5.91 Å². The Morgan fingerprint density at radius 3 is 2.68 bits per heavy atom. The number of carbonyl (C=O) groups is 2. The molecule has 5 nitrogen and oxygen atoms in total. The van der Waals surface area contributed by atoms with Gasteiger partial charge in [-0.1, -0.05) is 30.0 Å². The number of aromatic carboxylic acids is 1. The molecule has 2 heterocycles. The highest BCUT2D eigenvalue weighted by Crippen LogP contribution is 2.39. The molecule has 2 N–H and O–H groups in total. The fourth-order valence-electron chi connectivity index (χ4n) is 3.35. The number of thioether (sulfide) groups is 1. The van der Waals surface area contributed by atoms with Crippen LogP contribution in [-0.2, 0) is 4.79 Å². The van der Waals surface area contributed by atoms with Gasteiger partial charge >= 0.3 is 5.97 Å². The molecule has 0 aliphatic carbocycles. The van der Waals surface area contributed by atoms with E-state index in [1.165, 1.54) is 11.8 Å². The van der Waals surface area contributed by atoms with Crippen LogP contribution in [0.2, 0.25) is 0 Å². The van der Waals surface area contributed by atoms with Crippen LogP contribution in [-0.4, -0.2) is 21.6 Å². The Labute approximate surface area is 166 Å². The Morgan fingerprint density at radius 1 is 1.11 bits per heavy atom. The van der Waals surface area contributed by atoms with Crippen molar-refractivity contribution in [2.75, 3.05) is 5.32 Å². The van der Waals surface area contributed by atoms with Crippen LogP contribution >= 0.6 is 11.8 Å². The van der Waals surface area contributed by atoms with E-state index in [4.69, 9.17) is 0 Å². The van der Waals surface area contributed by atoms with Gasteiger partial charge in [0.1, 0.15) is 0 Å². The minimum atomic E-state index is -0.958. The summed E-state index contributed by atoms with van der Waals surface area (Å²) in [5.41, 5.74) is 4.68. The average Bonchev–Trinajstić information content (AvgIpc) is 2.95. The van der Waals surface area contributed by atoms with Gasteiger partial charge in [0.2, 0.25) is 0 Å². The van der Waals surface area contributed by atoms with Crippen molar-refractivity contribution in [2.24, 2.45) is 0 Å². The third kappa shape index (κ3) is 3.23. The zero-order chi connectivity index (χ0) is 19.8. The summed E-state index contributed by atoms with van der Waals surface area (Å²) < 4.78 is 2.00. The summed E-state index contributed by atoms with van der Waals surface area (Å²) in [6, 6.07) is 16.5. The first-order valence-electron chi connectivity index (χ1n) is 8.76. The molecule has 0 fully saturated rings. The Kier molecular flexibility index (Phi) is 4.57. The third-order valence-corrected chi connectivity index (χ3v) is 5.79. The number of hydrogen-bond acceptors (Lipinski definition) is 3. The van der Waals surface area contributed by atoms with Gasteiger partial charge in [-0.15, -0.1) is 0 Å². The van der Waals surface area contributed by atoms with Gasteiger partial charge in [-0.05, 0) is 61.9 Å². The molecule has 0 atom stereocenters. The van der Waals surface area contributed by atoms with Gasteiger partial charge in [-0.3, -0.25) is 4.79 Å². The number of rotatable bonds is 3. The second-order valence-electron chi connectivity index (χ2n) is 6.58. The number of para-hydroxylation sites is 1. The zero-order valence-corrected chi connectivity index (χ0v) is 16.2. The van der Waals surface area contributed by atoms with Crippen molar-refractivity contribution < 1.29 is 14.7 Å². The number of hydrogen-bond donors (Lipinski definition) is 2. The number of carbonyl (C=O) groups excluding carboxylic acids is 1. The highest BCUT2D eigenvalue weighted by molar-refractivity contribution is 8.04. The smallest absolute Gasteiger partial charge is 0.335 e. The number of aromatic nitrogens is 1. The lowest BCUT2D eigenvalue weighted by Gasteiger charge is -2.18. The fourth-order valence-corrected chi connectivity index (χ4v) is 4.30. The normalized spacial score (nSPS) is 14.6. The lowest BCUT2D eigenvalue weighted by Crippen LogP contribution is -2.17. The number of fused-ring (bicyclic) bond motifs is 1. The lowest BCUT2D eigenvalue weighted by atomic mass is 10.2. The molecule has 2 aromatic carbocycles. The molecule has 0 bridgehead atoms. The second-order valence-corrected chi connectivity index (χ2v) is 7.66. The Hall–Kier alpha value is -3.25. The van der Waals surface area contributed by atoms with Crippen LogP contribution in [0.3, 0.4) is 0 Å². The molecular weight excluding hydrogens is 372 g/mol. The van der Waals surface area contributed by atoms with E-state index in [0.717, 1.165) is 33.2 Å². The SMILES string of the molecule is Cc1cc(/C=C2\Sc3ccccc3NC2=O)c(C)n1-c1cccc(C(=O)O)c1.